The van der Waals surface area contributed by atoms with Gasteiger partial charge in [0.2, 0.25) is 11.8 Å². The zero-order valence-corrected chi connectivity index (χ0v) is 26.9. The van der Waals surface area contributed by atoms with E-state index in [2.05, 4.69) is 5.32 Å². The minimum atomic E-state index is -4.25. The zero-order chi connectivity index (χ0) is 32.4. The number of anilines is 1. The maximum absolute atomic E-state index is 14.5. The van der Waals surface area contributed by atoms with Gasteiger partial charge in [0.05, 0.1) is 29.8 Å². The lowest BCUT2D eigenvalue weighted by atomic mass is 10.0. The van der Waals surface area contributed by atoms with Gasteiger partial charge in [0, 0.05) is 19.5 Å². The van der Waals surface area contributed by atoms with Crippen LogP contribution in [0.5, 0.6) is 11.5 Å². The van der Waals surface area contributed by atoms with Gasteiger partial charge < -0.3 is 19.7 Å². The number of likely N-dealkylation sites (N-methyl/N-ethyl adjacent to an activating group) is 1. The highest BCUT2D eigenvalue weighted by Crippen LogP contribution is 2.32. The molecule has 0 bridgehead atoms. The summed E-state index contributed by atoms with van der Waals surface area (Å²) in [5, 5.41) is 3.02. The van der Waals surface area contributed by atoms with Crippen molar-refractivity contribution in [1.29, 1.82) is 0 Å². The first kappa shape index (κ1) is 33.4. The lowest BCUT2D eigenvalue weighted by Crippen LogP contribution is -2.53. The summed E-state index contributed by atoms with van der Waals surface area (Å²) in [6.45, 7) is 1.57. The number of benzene rings is 4. The third-order valence-corrected chi connectivity index (χ3v) is 9.23. The van der Waals surface area contributed by atoms with Crippen molar-refractivity contribution in [2.75, 3.05) is 31.6 Å². The molecule has 0 heterocycles. The van der Waals surface area contributed by atoms with Gasteiger partial charge in [-0.05, 0) is 60.5 Å². The molecule has 1 atom stereocenters. The molecule has 0 saturated carbocycles. The van der Waals surface area contributed by atoms with Gasteiger partial charge in [-0.1, -0.05) is 72.3 Å². The van der Waals surface area contributed by atoms with E-state index in [0.717, 1.165) is 9.87 Å². The molecular weight excluding hydrogens is 614 g/mol. The molecule has 0 unspecified atom stereocenters. The summed E-state index contributed by atoms with van der Waals surface area (Å²) in [5.41, 5.74) is 1.71. The second-order valence-corrected chi connectivity index (χ2v) is 12.4. The molecule has 0 aliphatic heterocycles. The molecule has 0 spiro atoms. The predicted octanol–water partition coefficient (Wildman–Crippen LogP) is 5.33. The summed E-state index contributed by atoms with van der Waals surface area (Å²) >= 11 is 6.42. The number of methoxy groups -OCH3 is 2. The van der Waals surface area contributed by atoms with E-state index in [1.165, 1.54) is 42.3 Å². The van der Waals surface area contributed by atoms with Crippen molar-refractivity contribution in [2.24, 2.45) is 0 Å². The molecule has 1 N–H and O–H groups in total. The average Bonchev–Trinajstić information content (AvgIpc) is 3.06. The molecule has 4 aromatic rings. The first-order chi connectivity index (χ1) is 21.7. The molecule has 236 valence electrons. The Kier molecular flexibility index (Phi) is 11.5. The third kappa shape index (κ3) is 8.34. The first-order valence-corrected chi connectivity index (χ1v) is 16.1. The van der Waals surface area contributed by atoms with Crippen LogP contribution in [0.15, 0.2) is 108 Å². The minimum Gasteiger partial charge on any atom is -0.497 e. The van der Waals surface area contributed by atoms with E-state index in [0.29, 0.717) is 23.6 Å². The smallest absolute Gasteiger partial charge is 0.264 e. The Balaban J connectivity index is 1.82. The van der Waals surface area contributed by atoms with Crippen LogP contribution in [-0.2, 0) is 32.6 Å². The number of hydrogen-bond acceptors (Lipinski definition) is 6. The number of nitrogens with zero attached hydrogens (tertiary/aromatic N) is 2. The number of rotatable bonds is 14. The van der Waals surface area contributed by atoms with Gasteiger partial charge in [-0.25, -0.2) is 8.42 Å². The van der Waals surface area contributed by atoms with E-state index >= 15 is 0 Å². The lowest BCUT2D eigenvalue weighted by molar-refractivity contribution is -0.140. The van der Waals surface area contributed by atoms with Crippen LogP contribution in [0.25, 0.3) is 0 Å². The molecule has 0 aliphatic carbocycles. The quantitative estimate of drug-likeness (QED) is 0.198. The van der Waals surface area contributed by atoms with Crippen LogP contribution in [0.3, 0.4) is 0 Å². The molecule has 0 saturated heterocycles. The van der Waals surface area contributed by atoms with Crippen LogP contribution in [0.1, 0.15) is 18.1 Å². The average molecular weight is 650 g/mol. The van der Waals surface area contributed by atoms with E-state index in [1.807, 2.05) is 36.4 Å². The number of amides is 2. The van der Waals surface area contributed by atoms with Crippen molar-refractivity contribution in [3.05, 3.63) is 119 Å². The molecule has 4 rings (SSSR count). The highest BCUT2D eigenvalue weighted by Gasteiger charge is 2.34. The summed E-state index contributed by atoms with van der Waals surface area (Å²) in [6, 6.07) is 27.9. The summed E-state index contributed by atoms with van der Waals surface area (Å²) in [6.07, 6.45) is 0.210. The van der Waals surface area contributed by atoms with Gasteiger partial charge in [0.1, 0.15) is 24.1 Å². The number of nitrogens with one attached hydrogen (secondary N) is 1. The van der Waals surface area contributed by atoms with Crippen molar-refractivity contribution in [3.63, 3.8) is 0 Å². The number of carbonyl (C=O) groups is 2. The Bertz CT molecular complexity index is 1700. The van der Waals surface area contributed by atoms with Crippen LogP contribution < -0.4 is 19.1 Å². The van der Waals surface area contributed by atoms with Crippen LogP contribution in [0.4, 0.5) is 5.69 Å². The second kappa shape index (κ2) is 15.5. The Morgan fingerprint density at radius 2 is 1.51 bits per heavy atom. The largest absolute Gasteiger partial charge is 0.497 e. The molecule has 0 radical (unpaired) electrons. The summed E-state index contributed by atoms with van der Waals surface area (Å²) < 4.78 is 39.8. The lowest BCUT2D eigenvalue weighted by Gasteiger charge is -2.34. The molecule has 2 amide bonds. The maximum atomic E-state index is 14.5. The van der Waals surface area contributed by atoms with Crippen LogP contribution >= 0.6 is 11.6 Å². The Morgan fingerprint density at radius 1 is 0.844 bits per heavy atom. The molecule has 11 heteroatoms. The van der Waals surface area contributed by atoms with E-state index < -0.39 is 28.5 Å². The van der Waals surface area contributed by atoms with Crippen LogP contribution in [0.2, 0.25) is 5.02 Å². The Labute approximate surface area is 269 Å². The number of halogens is 1. The van der Waals surface area contributed by atoms with Gasteiger partial charge in [-0.3, -0.25) is 13.9 Å². The predicted molar refractivity (Wildman–Crippen MR) is 175 cm³/mol. The fourth-order valence-corrected chi connectivity index (χ4v) is 6.55. The highest BCUT2D eigenvalue weighted by molar-refractivity contribution is 7.92. The summed E-state index contributed by atoms with van der Waals surface area (Å²) in [5.74, 6) is -0.0136. The van der Waals surface area contributed by atoms with Crippen molar-refractivity contribution in [2.45, 2.75) is 30.8 Å². The van der Waals surface area contributed by atoms with Gasteiger partial charge in [0.25, 0.3) is 10.0 Å². The minimum absolute atomic E-state index is 0.00588. The number of sulfonamides is 1. The SMILES string of the molecule is CCNC(=O)[C@@H](Cc1ccccc1)N(Cc1cccc(OC)c1)C(=O)CN(c1ccc(OC)c(Cl)c1)S(=O)(=O)c1ccccc1. The normalized spacial score (nSPS) is 11.7. The fourth-order valence-electron chi connectivity index (χ4n) is 4.87. The number of carbonyl (C=O) groups excluding carboxylic acids is 2. The molecule has 45 heavy (non-hydrogen) atoms. The second-order valence-electron chi connectivity index (χ2n) is 10.1. The summed E-state index contributed by atoms with van der Waals surface area (Å²) in [7, 11) is -1.26. The van der Waals surface area contributed by atoms with Gasteiger partial charge in [0.15, 0.2) is 0 Å². The van der Waals surface area contributed by atoms with E-state index in [4.69, 9.17) is 21.1 Å². The zero-order valence-electron chi connectivity index (χ0n) is 25.4. The molecule has 4 aromatic carbocycles. The molecular formula is C34H36ClN3O6S. The Morgan fingerprint density at radius 3 is 2.13 bits per heavy atom. The molecule has 0 fully saturated rings. The van der Waals surface area contributed by atoms with Crippen molar-refractivity contribution in [3.8, 4) is 11.5 Å². The number of hydrogen-bond donors (Lipinski definition) is 1. The third-order valence-electron chi connectivity index (χ3n) is 7.14. The van der Waals surface area contributed by atoms with Crippen LogP contribution in [-0.4, -0.2) is 58.5 Å². The van der Waals surface area contributed by atoms with Gasteiger partial charge in [-0.15, -0.1) is 0 Å². The molecule has 0 aromatic heterocycles. The van der Waals surface area contributed by atoms with Crippen molar-refractivity contribution < 1.29 is 27.5 Å². The standard InChI is InChI=1S/C34H36ClN3O6S/c1-4-36-34(40)31(21-25-12-7-5-8-13-25)37(23-26-14-11-15-28(20-26)43-2)33(39)24-38(27-18-19-32(44-3)30(35)22-27)45(41,42)29-16-9-6-10-17-29/h5-20,22,31H,4,21,23-24H2,1-3H3,(H,36,40)/t31-/m1/s1. The molecule has 9 nitrogen and oxygen atoms in total. The van der Waals surface area contributed by atoms with Crippen LogP contribution in [0, 0.1) is 0 Å². The molecule has 0 aliphatic rings. The highest BCUT2D eigenvalue weighted by atomic mass is 35.5. The van der Waals surface area contributed by atoms with Crippen molar-refractivity contribution >= 4 is 39.1 Å². The monoisotopic (exact) mass is 649 g/mol. The number of ether oxygens (including phenoxy) is 2. The maximum Gasteiger partial charge on any atom is 0.264 e. The summed E-state index contributed by atoms with van der Waals surface area (Å²) in [4.78, 5) is 29.5. The fraction of sp³-hybridized carbons (Fsp3) is 0.235. The first-order valence-electron chi connectivity index (χ1n) is 14.3. The van der Waals surface area contributed by atoms with E-state index in [1.54, 1.807) is 50.4 Å². The van der Waals surface area contributed by atoms with Gasteiger partial charge >= 0.3 is 0 Å². The van der Waals surface area contributed by atoms with E-state index in [9.17, 15) is 18.0 Å². The Hall–Kier alpha value is -4.54. The van der Waals surface area contributed by atoms with E-state index in [-0.39, 0.29) is 34.5 Å². The van der Waals surface area contributed by atoms with Crippen molar-refractivity contribution in [1.82, 2.24) is 10.2 Å². The topological polar surface area (TPSA) is 105 Å². The van der Waals surface area contributed by atoms with Gasteiger partial charge in [-0.2, -0.15) is 0 Å².